The lowest BCUT2D eigenvalue weighted by molar-refractivity contribution is -0.207. The van der Waals surface area contributed by atoms with Crippen LogP contribution < -0.4 is 0 Å². The second-order valence-corrected chi connectivity index (χ2v) is 6.25. The van der Waals surface area contributed by atoms with Gasteiger partial charge in [-0.1, -0.05) is 0 Å². The van der Waals surface area contributed by atoms with Gasteiger partial charge in [-0.25, -0.2) is 4.98 Å². The number of hydrogen-bond donors (Lipinski definition) is 2. The molecule has 2 unspecified atom stereocenters. The fraction of sp³-hybridized carbons (Fsp3) is 0.562. The lowest BCUT2D eigenvalue weighted by Crippen LogP contribution is -2.42. The van der Waals surface area contributed by atoms with Gasteiger partial charge < -0.3 is 19.7 Å². The molecule has 2 rings (SSSR count). The van der Waals surface area contributed by atoms with Crippen LogP contribution in [0.1, 0.15) is 11.1 Å². The lowest BCUT2D eigenvalue weighted by Gasteiger charge is -2.24. The average molecular weight is 345 g/mol. The molecule has 0 aliphatic rings. The van der Waals surface area contributed by atoms with Crippen LogP contribution in [0.3, 0.4) is 0 Å². The summed E-state index contributed by atoms with van der Waals surface area (Å²) in [4.78, 5) is 5.54. The van der Waals surface area contributed by atoms with Crippen molar-refractivity contribution in [3.63, 3.8) is 0 Å². The van der Waals surface area contributed by atoms with Crippen LogP contribution in [-0.4, -0.2) is 63.2 Å². The summed E-state index contributed by atoms with van der Waals surface area (Å²) in [6.45, 7) is 3.62. The minimum Gasteiger partial charge on any atom is -0.390 e. The molecule has 0 saturated heterocycles. The highest BCUT2D eigenvalue weighted by Gasteiger charge is 2.38. The Morgan fingerprint density at radius 3 is 2.42 bits per heavy atom. The standard InChI is InChI=1S/C16H22F3N3O2/c1-10-4-13-14(5-11(10)2)22(9-20-13)7-12(23)6-21(3)8-15(24)16(17,18)19/h4-5,9,12,15,23-24H,6-8H2,1-3H3. The summed E-state index contributed by atoms with van der Waals surface area (Å²) in [5.74, 6) is 0. The van der Waals surface area contributed by atoms with Crippen LogP contribution in [0.15, 0.2) is 18.5 Å². The van der Waals surface area contributed by atoms with Gasteiger partial charge in [-0.15, -0.1) is 0 Å². The van der Waals surface area contributed by atoms with Crippen LogP contribution in [0, 0.1) is 13.8 Å². The molecule has 2 aromatic rings. The van der Waals surface area contributed by atoms with E-state index in [9.17, 15) is 18.3 Å². The summed E-state index contributed by atoms with van der Waals surface area (Å²) in [7, 11) is 1.43. The van der Waals surface area contributed by atoms with E-state index in [4.69, 9.17) is 5.11 Å². The minimum absolute atomic E-state index is 0.0116. The van der Waals surface area contributed by atoms with Gasteiger partial charge in [-0.2, -0.15) is 13.2 Å². The summed E-state index contributed by atoms with van der Waals surface area (Å²) in [5.41, 5.74) is 3.90. The molecule has 0 spiro atoms. The van der Waals surface area contributed by atoms with Crippen molar-refractivity contribution in [2.75, 3.05) is 20.1 Å². The van der Waals surface area contributed by atoms with Crippen LogP contribution in [0.4, 0.5) is 13.2 Å². The summed E-state index contributed by atoms with van der Waals surface area (Å²) >= 11 is 0. The molecule has 0 bridgehead atoms. The Hall–Kier alpha value is -1.64. The van der Waals surface area contributed by atoms with Crippen molar-refractivity contribution in [3.05, 3.63) is 29.6 Å². The first-order valence-electron chi connectivity index (χ1n) is 7.61. The fourth-order valence-electron chi connectivity index (χ4n) is 2.58. The Balaban J connectivity index is 2.00. The molecule has 1 aromatic heterocycles. The van der Waals surface area contributed by atoms with E-state index in [-0.39, 0.29) is 13.1 Å². The van der Waals surface area contributed by atoms with Gasteiger partial charge in [0.05, 0.1) is 30.0 Å². The molecule has 0 fully saturated rings. The molecule has 1 aromatic carbocycles. The predicted molar refractivity (Wildman–Crippen MR) is 84.8 cm³/mol. The quantitative estimate of drug-likeness (QED) is 0.839. The number of rotatable bonds is 6. The smallest absolute Gasteiger partial charge is 0.390 e. The van der Waals surface area contributed by atoms with Crippen molar-refractivity contribution in [2.45, 2.75) is 38.8 Å². The number of halogens is 3. The van der Waals surface area contributed by atoms with Gasteiger partial charge in [0.25, 0.3) is 0 Å². The molecule has 0 radical (unpaired) electrons. The van der Waals surface area contributed by atoms with Crippen molar-refractivity contribution < 1.29 is 23.4 Å². The molecule has 134 valence electrons. The number of benzene rings is 1. The first-order chi connectivity index (χ1) is 11.1. The minimum atomic E-state index is -4.66. The van der Waals surface area contributed by atoms with Crippen molar-refractivity contribution in [2.24, 2.45) is 0 Å². The lowest BCUT2D eigenvalue weighted by atomic mass is 10.1. The molecule has 0 amide bonds. The van der Waals surface area contributed by atoms with E-state index in [1.165, 1.54) is 11.9 Å². The monoisotopic (exact) mass is 345 g/mol. The summed E-state index contributed by atoms with van der Waals surface area (Å²) in [6, 6.07) is 3.93. The maximum atomic E-state index is 12.3. The highest BCUT2D eigenvalue weighted by molar-refractivity contribution is 5.77. The zero-order valence-corrected chi connectivity index (χ0v) is 13.9. The number of hydrogen-bond acceptors (Lipinski definition) is 4. The fourth-order valence-corrected chi connectivity index (χ4v) is 2.58. The van der Waals surface area contributed by atoms with Crippen molar-refractivity contribution >= 4 is 11.0 Å². The first kappa shape index (κ1) is 18.7. The highest BCUT2D eigenvalue weighted by Crippen LogP contribution is 2.21. The van der Waals surface area contributed by atoms with Crippen LogP contribution in [0.5, 0.6) is 0 Å². The largest absolute Gasteiger partial charge is 0.415 e. The van der Waals surface area contributed by atoms with Crippen LogP contribution >= 0.6 is 0 Å². The zero-order chi connectivity index (χ0) is 18.1. The van der Waals surface area contributed by atoms with E-state index in [1.807, 2.05) is 26.0 Å². The van der Waals surface area contributed by atoms with E-state index in [0.29, 0.717) is 0 Å². The maximum Gasteiger partial charge on any atom is 0.415 e. The van der Waals surface area contributed by atoms with Crippen molar-refractivity contribution in [1.29, 1.82) is 0 Å². The second kappa shape index (κ2) is 7.08. The van der Waals surface area contributed by atoms with Crippen LogP contribution in [-0.2, 0) is 6.54 Å². The normalized spacial score (nSPS) is 15.2. The molecule has 0 aliphatic carbocycles. The first-order valence-corrected chi connectivity index (χ1v) is 7.61. The zero-order valence-electron chi connectivity index (χ0n) is 13.9. The van der Waals surface area contributed by atoms with E-state index < -0.39 is 24.9 Å². The van der Waals surface area contributed by atoms with Crippen LogP contribution in [0.25, 0.3) is 11.0 Å². The number of alkyl halides is 3. The Morgan fingerprint density at radius 2 is 1.79 bits per heavy atom. The molecule has 2 atom stereocenters. The number of nitrogens with zero attached hydrogens (tertiary/aromatic N) is 3. The third kappa shape index (κ3) is 4.46. The van der Waals surface area contributed by atoms with Gasteiger partial charge >= 0.3 is 6.18 Å². The molecule has 24 heavy (non-hydrogen) atoms. The van der Waals surface area contributed by atoms with Gasteiger partial charge in [0.15, 0.2) is 6.10 Å². The third-order valence-corrected chi connectivity index (χ3v) is 4.03. The van der Waals surface area contributed by atoms with Crippen molar-refractivity contribution in [1.82, 2.24) is 14.5 Å². The molecule has 0 aliphatic heterocycles. The van der Waals surface area contributed by atoms with Gasteiger partial charge in [-0.3, -0.25) is 0 Å². The molecule has 8 heteroatoms. The highest BCUT2D eigenvalue weighted by atomic mass is 19.4. The number of aliphatic hydroxyl groups is 2. The third-order valence-electron chi connectivity index (χ3n) is 4.03. The molecular formula is C16H22F3N3O2. The predicted octanol–water partition coefficient (Wildman–Crippen LogP) is 1.87. The Bertz CT molecular complexity index is 700. The number of aliphatic hydroxyl groups excluding tert-OH is 2. The van der Waals surface area contributed by atoms with Crippen LogP contribution in [0.2, 0.25) is 0 Å². The number of likely N-dealkylation sites (N-methyl/N-ethyl adjacent to an activating group) is 1. The number of aryl methyl sites for hydroxylation is 2. The van der Waals surface area contributed by atoms with Crippen molar-refractivity contribution in [3.8, 4) is 0 Å². The number of fused-ring (bicyclic) bond motifs is 1. The van der Waals surface area contributed by atoms with E-state index in [2.05, 4.69) is 4.98 Å². The summed E-state index contributed by atoms with van der Waals surface area (Å²) in [6.07, 6.45) is -6.35. The Labute approximate surface area is 138 Å². The number of aromatic nitrogens is 2. The Morgan fingerprint density at radius 1 is 1.17 bits per heavy atom. The Kier molecular flexibility index (Phi) is 5.52. The SMILES string of the molecule is Cc1cc2ncn(CC(O)CN(C)CC(O)C(F)(F)F)c2cc1C. The summed E-state index contributed by atoms with van der Waals surface area (Å²) < 4.78 is 38.8. The average Bonchev–Trinajstić information content (AvgIpc) is 2.80. The van der Waals surface area contributed by atoms with E-state index >= 15 is 0 Å². The van der Waals surface area contributed by atoms with Gasteiger partial charge in [-0.05, 0) is 44.2 Å². The molecule has 2 N–H and O–H groups in total. The topological polar surface area (TPSA) is 61.5 Å². The van der Waals surface area contributed by atoms with Gasteiger partial charge in [0.1, 0.15) is 0 Å². The van der Waals surface area contributed by atoms with Gasteiger partial charge in [0, 0.05) is 13.1 Å². The molecule has 1 heterocycles. The second-order valence-electron chi connectivity index (χ2n) is 6.25. The molecule has 5 nitrogen and oxygen atoms in total. The van der Waals surface area contributed by atoms with E-state index in [1.54, 1.807) is 10.9 Å². The van der Waals surface area contributed by atoms with E-state index in [0.717, 1.165) is 22.2 Å². The maximum absolute atomic E-state index is 12.3. The molecule has 0 saturated carbocycles. The molecular weight excluding hydrogens is 323 g/mol. The van der Waals surface area contributed by atoms with Gasteiger partial charge in [0.2, 0.25) is 0 Å². The summed E-state index contributed by atoms with van der Waals surface area (Å²) in [5, 5.41) is 19.2. The number of imidazole rings is 1.